The van der Waals surface area contributed by atoms with Crippen molar-refractivity contribution in [3.63, 3.8) is 0 Å². The Hall–Kier alpha value is -3.44. The minimum atomic E-state index is -4.10. The van der Waals surface area contributed by atoms with Gasteiger partial charge in [0.05, 0.1) is 20.4 Å². The molecule has 9 nitrogen and oxygen atoms in total. The number of nitro benzene ring substituents is 1. The number of aryl methyl sites for hydroxylation is 2. The average Bonchev–Trinajstić information content (AvgIpc) is 2.78. The Morgan fingerprint density at radius 2 is 1.70 bits per heavy atom. The maximum atomic E-state index is 13.1. The zero-order valence-electron chi connectivity index (χ0n) is 17.6. The average molecular weight is 488 g/mol. The van der Waals surface area contributed by atoms with Gasteiger partial charge in [-0.3, -0.25) is 19.1 Å². The van der Waals surface area contributed by atoms with Gasteiger partial charge in [0.25, 0.3) is 25.7 Å². The highest BCUT2D eigenvalue weighted by atomic mass is 32.2. The minimum Gasteiger partial charge on any atom is -0.280 e. The summed E-state index contributed by atoms with van der Waals surface area (Å²) in [6, 6.07) is 16.4. The SMILES string of the molecule is Cc1ccc([N+](=O)[O-])cc1S(=O)(=O)Nc1ccc2c(c1)CCCN2S(=O)(=O)c1ccccc1. The Labute approximate surface area is 191 Å². The minimum absolute atomic E-state index is 0.184. The lowest BCUT2D eigenvalue weighted by molar-refractivity contribution is -0.385. The Kier molecular flexibility index (Phi) is 5.85. The predicted molar refractivity (Wildman–Crippen MR) is 124 cm³/mol. The molecule has 0 fully saturated rings. The molecule has 0 saturated heterocycles. The molecule has 3 aromatic carbocycles. The summed E-state index contributed by atoms with van der Waals surface area (Å²) in [6.07, 6.45) is 1.17. The first-order valence-electron chi connectivity index (χ1n) is 10.1. The summed E-state index contributed by atoms with van der Waals surface area (Å²) < 4.78 is 55.9. The molecule has 0 amide bonds. The number of sulfonamides is 2. The number of anilines is 2. The zero-order chi connectivity index (χ0) is 23.8. The van der Waals surface area contributed by atoms with E-state index in [9.17, 15) is 26.9 Å². The first-order chi connectivity index (χ1) is 15.6. The van der Waals surface area contributed by atoms with Crippen LogP contribution in [0.15, 0.2) is 76.5 Å². The van der Waals surface area contributed by atoms with E-state index in [4.69, 9.17) is 0 Å². The predicted octanol–water partition coefficient (Wildman–Crippen LogP) is 3.85. The molecule has 4 rings (SSSR count). The van der Waals surface area contributed by atoms with E-state index in [1.165, 1.54) is 34.6 Å². The van der Waals surface area contributed by atoms with Crippen molar-refractivity contribution in [3.8, 4) is 0 Å². The molecule has 172 valence electrons. The van der Waals surface area contributed by atoms with Crippen LogP contribution in [0.3, 0.4) is 0 Å². The highest BCUT2D eigenvalue weighted by Gasteiger charge is 2.29. The maximum absolute atomic E-state index is 13.1. The van der Waals surface area contributed by atoms with Crippen molar-refractivity contribution in [2.45, 2.75) is 29.6 Å². The third kappa shape index (κ3) is 4.41. The van der Waals surface area contributed by atoms with Crippen molar-refractivity contribution in [1.82, 2.24) is 0 Å². The molecule has 0 spiro atoms. The summed E-state index contributed by atoms with van der Waals surface area (Å²) >= 11 is 0. The van der Waals surface area contributed by atoms with Crippen molar-refractivity contribution in [1.29, 1.82) is 0 Å². The van der Waals surface area contributed by atoms with Crippen LogP contribution in [0.4, 0.5) is 17.1 Å². The first-order valence-corrected chi connectivity index (χ1v) is 13.0. The van der Waals surface area contributed by atoms with E-state index in [1.807, 2.05) is 0 Å². The van der Waals surface area contributed by atoms with Gasteiger partial charge >= 0.3 is 0 Å². The number of fused-ring (bicyclic) bond motifs is 1. The van der Waals surface area contributed by atoms with Crippen LogP contribution in [0.5, 0.6) is 0 Å². The van der Waals surface area contributed by atoms with Crippen molar-refractivity contribution in [2.24, 2.45) is 0 Å². The molecule has 0 saturated carbocycles. The second-order valence-electron chi connectivity index (χ2n) is 7.65. The topological polar surface area (TPSA) is 127 Å². The van der Waals surface area contributed by atoms with Gasteiger partial charge in [-0.25, -0.2) is 16.8 Å². The van der Waals surface area contributed by atoms with Crippen LogP contribution in [0.25, 0.3) is 0 Å². The van der Waals surface area contributed by atoms with Crippen LogP contribution >= 0.6 is 0 Å². The van der Waals surface area contributed by atoms with Crippen molar-refractivity contribution in [2.75, 3.05) is 15.6 Å². The Bertz CT molecular complexity index is 1440. The van der Waals surface area contributed by atoms with E-state index >= 15 is 0 Å². The third-order valence-electron chi connectivity index (χ3n) is 5.41. The summed E-state index contributed by atoms with van der Waals surface area (Å²) in [6.45, 7) is 1.87. The fraction of sp³-hybridized carbons (Fsp3) is 0.182. The number of nitro groups is 1. The summed E-state index contributed by atoms with van der Waals surface area (Å²) in [5, 5.41) is 11.1. The number of nitrogens with one attached hydrogen (secondary N) is 1. The van der Waals surface area contributed by atoms with Crippen molar-refractivity contribution in [3.05, 3.63) is 88.0 Å². The van der Waals surface area contributed by atoms with Gasteiger partial charge in [-0.1, -0.05) is 24.3 Å². The smallest absolute Gasteiger partial charge is 0.270 e. The monoisotopic (exact) mass is 487 g/mol. The molecule has 1 aliphatic rings. The number of benzene rings is 3. The van der Waals surface area contributed by atoms with Crippen LogP contribution in [0, 0.1) is 17.0 Å². The van der Waals surface area contributed by atoms with E-state index in [0.29, 0.717) is 36.2 Å². The molecule has 0 bridgehead atoms. The molecule has 0 radical (unpaired) electrons. The molecule has 1 aliphatic heterocycles. The van der Waals surface area contributed by atoms with Crippen LogP contribution in [0.1, 0.15) is 17.5 Å². The van der Waals surface area contributed by atoms with Gasteiger partial charge in [-0.15, -0.1) is 0 Å². The number of hydrogen-bond acceptors (Lipinski definition) is 6. The Morgan fingerprint density at radius 3 is 2.39 bits per heavy atom. The quantitative estimate of drug-likeness (QED) is 0.416. The van der Waals surface area contributed by atoms with E-state index in [0.717, 1.165) is 6.07 Å². The fourth-order valence-corrected chi connectivity index (χ4v) is 6.67. The second-order valence-corrected chi connectivity index (χ2v) is 11.2. The normalized spacial score (nSPS) is 13.9. The van der Waals surface area contributed by atoms with Gasteiger partial charge in [0.1, 0.15) is 0 Å². The lowest BCUT2D eigenvalue weighted by Crippen LogP contribution is -2.35. The zero-order valence-corrected chi connectivity index (χ0v) is 19.3. The number of nitrogens with zero attached hydrogens (tertiary/aromatic N) is 2. The molecule has 1 heterocycles. The maximum Gasteiger partial charge on any atom is 0.270 e. The van der Waals surface area contributed by atoms with E-state index in [-0.39, 0.29) is 21.2 Å². The summed E-state index contributed by atoms with van der Waals surface area (Å²) in [4.78, 5) is 10.4. The van der Waals surface area contributed by atoms with Gasteiger partial charge in [-0.05, 0) is 61.2 Å². The van der Waals surface area contributed by atoms with Crippen LogP contribution in [-0.2, 0) is 26.5 Å². The lowest BCUT2D eigenvalue weighted by Gasteiger charge is -2.31. The molecule has 0 unspecified atom stereocenters. The number of non-ortho nitro benzene ring substituents is 1. The van der Waals surface area contributed by atoms with Crippen LogP contribution in [0.2, 0.25) is 0 Å². The molecule has 3 aromatic rings. The molecule has 0 aliphatic carbocycles. The summed E-state index contributed by atoms with van der Waals surface area (Å²) in [7, 11) is -7.85. The lowest BCUT2D eigenvalue weighted by atomic mass is 10.0. The van der Waals surface area contributed by atoms with Gasteiger partial charge in [0.15, 0.2) is 0 Å². The standard InChI is InChI=1S/C22H21N3O6S2/c1-16-9-11-19(25(26)27)15-22(16)32(28,29)23-18-10-12-21-17(14-18)6-5-13-24(21)33(30,31)20-7-3-2-4-8-20/h2-4,7-12,14-15,23H,5-6,13H2,1H3. The van der Waals surface area contributed by atoms with Crippen LogP contribution in [-0.4, -0.2) is 28.3 Å². The third-order valence-corrected chi connectivity index (χ3v) is 8.76. The largest absolute Gasteiger partial charge is 0.280 e. The van der Waals surface area contributed by atoms with E-state index < -0.39 is 25.0 Å². The Morgan fingerprint density at radius 1 is 0.970 bits per heavy atom. The van der Waals surface area contributed by atoms with Gasteiger partial charge in [0.2, 0.25) is 0 Å². The number of rotatable bonds is 6. The second kappa shape index (κ2) is 8.49. The van der Waals surface area contributed by atoms with E-state index in [1.54, 1.807) is 37.3 Å². The molecule has 0 atom stereocenters. The van der Waals surface area contributed by atoms with Crippen LogP contribution < -0.4 is 9.03 Å². The number of hydrogen-bond donors (Lipinski definition) is 1. The molecule has 0 aromatic heterocycles. The van der Waals surface area contributed by atoms with Crippen molar-refractivity contribution >= 4 is 37.1 Å². The van der Waals surface area contributed by atoms with Gasteiger partial charge in [-0.2, -0.15) is 0 Å². The Balaban J connectivity index is 1.67. The van der Waals surface area contributed by atoms with Gasteiger partial charge in [0, 0.05) is 24.4 Å². The summed E-state index contributed by atoms with van der Waals surface area (Å²) in [5.74, 6) is 0. The molecule has 33 heavy (non-hydrogen) atoms. The molecular weight excluding hydrogens is 466 g/mol. The van der Waals surface area contributed by atoms with E-state index in [2.05, 4.69) is 4.72 Å². The molecular formula is C22H21N3O6S2. The highest BCUT2D eigenvalue weighted by Crippen LogP contribution is 2.34. The highest BCUT2D eigenvalue weighted by molar-refractivity contribution is 7.93. The van der Waals surface area contributed by atoms with Crippen molar-refractivity contribution < 1.29 is 21.8 Å². The summed E-state index contributed by atoms with van der Waals surface area (Å²) in [5.41, 5.74) is 1.48. The van der Waals surface area contributed by atoms with Gasteiger partial charge < -0.3 is 0 Å². The first kappa shape index (κ1) is 22.7. The molecule has 1 N–H and O–H groups in total. The fourth-order valence-electron chi connectivity index (χ4n) is 3.80. The molecule has 11 heteroatoms.